The molecule has 0 bridgehead atoms. The quantitative estimate of drug-likeness (QED) is 0.634. The molecule has 0 radical (unpaired) electrons. The van der Waals surface area contributed by atoms with E-state index in [-0.39, 0.29) is 27.9 Å². The summed E-state index contributed by atoms with van der Waals surface area (Å²) in [7, 11) is 0. The van der Waals surface area contributed by atoms with Crippen LogP contribution in [0.1, 0.15) is 27.7 Å². The molecule has 0 aliphatic heterocycles. The highest BCUT2D eigenvalue weighted by Crippen LogP contribution is 2.31. The van der Waals surface area contributed by atoms with Crippen LogP contribution in [-0.4, -0.2) is 34.3 Å². The number of thiophene rings is 1. The molecule has 1 aromatic heterocycles. The minimum atomic E-state index is -1.00. The van der Waals surface area contributed by atoms with Crippen molar-refractivity contribution in [3.63, 3.8) is 0 Å². The number of aryl methyl sites for hydroxylation is 1. The van der Waals surface area contributed by atoms with Crippen molar-refractivity contribution >= 4 is 57.4 Å². The SMILES string of the molecule is CCc1cc(C(=O)c2ccc(F)c(Cl)c2)c(NC(=O)CSCC(=O)O)s1. The largest absolute Gasteiger partial charge is 0.481 e. The van der Waals surface area contributed by atoms with Crippen LogP contribution in [0, 0.1) is 5.82 Å². The molecule has 0 aliphatic rings. The number of halogens is 2. The predicted molar refractivity (Wildman–Crippen MR) is 102 cm³/mol. The Balaban J connectivity index is 2.21. The van der Waals surface area contributed by atoms with E-state index in [4.69, 9.17) is 16.7 Å². The Bertz CT molecular complexity index is 853. The first-order chi connectivity index (χ1) is 12.3. The van der Waals surface area contributed by atoms with E-state index in [1.54, 1.807) is 6.07 Å². The molecule has 2 rings (SSSR count). The zero-order valence-electron chi connectivity index (χ0n) is 13.7. The summed E-state index contributed by atoms with van der Waals surface area (Å²) in [6.07, 6.45) is 0.679. The molecule has 0 aliphatic carbocycles. The number of aliphatic carboxylic acids is 1. The Labute approximate surface area is 162 Å². The van der Waals surface area contributed by atoms with Crippen LogP contribution >= 0.6 is 34.7 Å². The fraction of sp³-hybridized carbons (Fsp3) is 0.235. The average molecular weight is 416 g/mol. The maximum absolute atomic E-state index is 13.3. The van der Waals surface area contributed by atoms with E-state index in [9.17, 15) is 18.8 Å². The van der Waals surface area contributed by atoms with Crippen molar-refractivity contribution in [2.75, 3.05) is 16.8 Å². The summed E-state index contributed by atoms with van der Waals surface area (Å²) in [5.41, 5.74) is 0.513. The van der Waals surface area contributed by atoms with Gasteiger partial charge in [-0.3, -0.25) is 14.4 Å². The van der Waals surface area contributed by atoms with Crippen LogP contribution in [0.15, 0.2) is 24.3 Å². The second-order valence-corrected chi connectivity index (χ2v) is 7.73. The number of ketones is 1. The van der Waals surface area contributed by atoms with Crippen LogP contribution in [0.5, 0.6) is 0 Å². The summed E-state index contributed by atoms with van der Waals surface area (Å²) in [6.45, 7) is 1.92. The summed E-state index contributed by atoms with van der Waals surface area (Å²) in [5.74, 6) is -2.62. The van der Waals surface area contributed by atoms with Crippen molar-refractivity contribution in [1.82, 2.24) is 0 Å². The van der Waals surface area contributed by atoms with Gasteiger partial charge in [-0.25, -0.2) is 4.39 Å². The van der Waals surface area contributed by atoms with E-state index in [0.29, 0.717) is 17.0 Å². The average Bonchev–Trinajstić information content (AvgIpc) is 2.99. The zero-order valence-corrected chi connectivity index (χ0v) is 16.1. The number of benzene rings is 1. The predicted octanol–water partition coefficient (Wildman–Crippen LogP) is 4.09. The molecule has 0 saturated heterocycles. The van der Waals surface area contributed by atoms with Crippen LogP contribution < -0.4 is 5.32 Å². The Kier molecular flexibility index (Phi) is 7.19. The number of carbonyl (C=O) groups excluding carboxylic acids is 2. The summed E-state index contributed by atoms with van der Waals surface area (Å²) in [4.78, 5) is 36.1. The number of rotatable bonds is 8. The normalized spacial score (nSPS) is 10.6. The van der Waals surface area contributed by atoms with Crippen molar-refractivity contribution in [3.8, 4) is 0 Å². The van der Waals surface area contributed by atoms with Gasteiger partial charge in [0.15, 0.2) is 5.78 Å². The van der Waals surface area contributed by atoms with Crippen molar-refractivity contribution < 1.29 is 23.9 Å². The van der Waals surface area contributed by atoms with Gasteiger partial charge in [0.25, 0.3) is 0 Å². The highest BCUT2D eigenvalue weighted by atomic mass is 35.5. The standard InChI is InChI=1S/C17H15ClFNO4S2/c1-2-10-6-11(16(24)9-3-4-13(19)12(18)5-9)17(26-10)20-14(21)7-25-8-15(22)23/h3-6H,2,7-8H2,1H3,(H,20,21)(H,22,23). The Morgan fingerprint density at radius 3 is 2.62 bits per heavy atom. The van der Waals surface area contributed by atoms with Crippen molar-refractivity contribution in [2.24, 2.45) is 0 Å². The molecule has 26 heavy (non-hydrogen) atoms. The van der Waals surface area contributed by atoms with Gasteiger partial charge in [-0.2, -0.15) is 0 Å². The van der Waals surface area contributed by atoms with E-state index < -0.39 is 17.7 Å². The van der Waals surface area contributed by atoms with Crippen LogP contribution in [0.2, 0.25) is 5.02 Å². The lowest BCUT2D eigenvalue weighted by Crippen LogP contribution is -2.16. The van der Waals surface area contributed by atoms with E-state index in [0.717, 1.165) is 22.7 Å². The van der Waals surface area contributed by atoms with Gasteiger partial charge in [-0.05, 0) is 30.7 Å². The molecule has 1 amide bonds. The third-order valence-electron chi connectivity index (χ3n) is 3.27. The number of carboxylic acids is 1. The molecule has 0 spiro atoms. The van der Waals surface area contributed by atoms with Gasteiger partial charge in [0.1, 0.15) is 10.8 Å². The number of carboxylic acid groups (broad SMARTS) is 1. The van der Waals surface area contributed by atoms with Gasteiger partial charge in [-0.15, -0.1) is 23.1 Å². The molecular formula is C17H15ClFNO4S2. The third-order valence-corrected chi connectivity index (χ3v) is 5.67. The molecule has 138 valence electrons. The second-order valence-electron chi connectivity index (χ2n) is 5.20. The Hall–Kier alpha value is -1.90. The molecule has 5 nitrogen and oxygen atoms in total. The van der Waals surface area contributed by atoms with E-state index in [1.807, 2.05) is 6.92 Å². The molecular weight excluding hydrogens is 401 g/mol. The number of amides is 1. The van der Waals surface area contributed by atoms with Crippen LogP contribution in [0.25, 0.3) is 0 Å². The lowest BCUT2D eigenvalue weighted by molar-refractivity contribution is -0.133. The van der Waals surface area contributed by atoms with Crippen LogP contribution in [0.3, 0.4) is 0 Å². The number of nitrogens with one attached hydrogen (secondary N) is 1. The lowest BCUT2D eigenvalue weighted by Gasteiger charge is -2.06. The van der Waals surface area contributed by atoms with Gasteiger partial charge in [-0.1, -0.05) is 18.5 Å². The van der Waals surface area contributed by atoms with Crippen LogP contribution in [-0.2, 0) is 16.0 Å². The van der Waals surface area contributed by atoms with Gasteiger partial charge in [0, 0.05) is 10.4 Å². The summed E-state index contributed by atoms with van der Waals surface area (Å²) >= 11 is 7.98. The minimum absolute atomic E-state index is 0.0400. The number of hydrogen-bond donors (Lipinski definition) is 2. The Morgan fingerprint density at radius 2 is 2.00 bits per heavy atom. The molecule has 2 aromatic rings. The van der Waals surface area contributed by atoms with Gasteiger partial charge >= 0.3 is 5.97 Å². The third kappa shape index (κ3) is 5.30. The minimum Gasteiger partial charge on any atom is -0.481 e. The first-order valence-electron chi connectivity index (χ1n) is 7.53. The number of carbonyl (C=O) groups is 3. The van der Waals surface area contributed by atoms with Crippen molar-refractivity contribution in [2.45, 2.75) is 13.3 Å². The summed E-state index contributed by atoms with van der Waals surface area (Å²) < 4.78 is 13.3. The Morgan fingerprint density at radius 1 is 1.27 bits per heavy atom. The van der Waals surface area contributed by atoms with E-state index >= 15 is 0 Å². The molecule has 0 unspecified atom stereocenters. The van der Waals surface area contributed by atoms with Gasteiger partial charge in [0.05, 0.1) is 22.1 Å². The van der Waals surface area contributed by atoms with Crippen LogP contribution in [0.4, 0.5) is 9.39 Å². The molecule has 9 heteroatoms. The second kappa shape index (κ2) is 9.16. The van der Waals surface area contributed by atoms with E-state index in [1.165, 1.54) is 23.5 Å². The van der Waals surface area contributed by atoms with Crippen molar-refractivity contribution in [3.05, 3.63) is 51.1 Å². The zero-order chi connectivity index (χ0) is 19.3. The maximum atomic E-state index is 13.3. The molecule has 1 heterocycles. The fourth-order valence-corrected chi connectivity index (χ4v) is 3.79. The maximum Gasteiger partial charge on any atom is 0.313 e. The monoisotopic (exact) mass is 415 g/mol. The number of hydrogen-bond acceptors (Lipinski definition) is 5. The van der Waals surface area contributed by atoms with E-state index in [2.05, 4.69) is 5.32 Å². The van der Waals surface area contributed by atoms with Gasteiger partial charge in [0.2, 0.25) is 5.91 Å². The highest BCUT2D eigenvalue weighted by molar-refractivity contribution is 8.00. The first-order valence-corrected chi connectivity index (χ1v) is 9.88. The molecule has 0 fully saturated rings. The molecule has 1 aromatic carbocycles. The number of anilines is 1. The van der Waals surface area contributed by atoms with Gasteiger partial charge < -0.3 is 10.4 Å². The molecule has 0 saturated carbocycles. The smallest absolute Gasteiger partial charge is 0.313 e. The summed E-state index contributed by atoms with van der Waals surface area (Å²) in [5, 5.41) is 11.5. The lowest BCUT2D eigenvalue weighted by atomic mass is 10.0. The topological polar surface area (TPSA) is 83.5 Å². The highest BCUT2D eigenvalue weighted by Gasteiger charge is 2.20. The van der Waals surface area contributed by atoms with Crippen molar-refractivity contribution in [1.29, 1.82) is 0 Å². The number of thioether (sulfide) groups is 1. The summed E-state index contributed by atoms with van der Waals surface area (Å²) in [6, 6.07) is 5.38. The first kappa shape index (κ1) is 20.4. The molecule has 2 N–H and O–H groups in total. The fourth-order valence-electron chi connectivity index (χ4n) is 2.06. The molecule has 0 atom stereocenters.